The van der Waals surface area contributed by atoms with Gasteiger partial charge in [-0.25, -0.2) is 12.7 Å². The number of carbonyl (C=O) groups is 1. The van der Waals surface area contributed by atoms with Gasteiger partial charge in [-0.15, -0.1) is 0 Å². The van der Waals surface area contributed by atoms with E-state index < -0.39 is 16.0 Å². The Labute approximate surface area is 135 Å². The van der Waals surface area contributed by atoms with Crippen LogP contribution in [0.25, 0.3) is 0 Å². The minimum Gasteiger partial charge on any atom is -0.466 e. The molecule has 0 atom stereocenters. The molecule has 0 saturated carbocycles. The predicted molar refractivity (Wildman–Crippen MR) is 82.9 cm³/mol. The van der Waals surface area contributed by atoms with Gasteiger partial charge in [0, 0.05) is 22.5 Å². The summed E-state index contributed by atoms with van der Waals surface area (Å²) in [6.07, 6.45) is 0.0255. The third kappa shape index (κ3) is 4.54. The molecule has 0 amide bonds. The van der Waals surface area contributed by atoms with E-state index in [-0.39, 0.29) is 24.5 Å². The van der Waals surface area contributed by atoms with Crippen molar-refractivity contribution in [1.29, 1.82) is 0 Å². The summed E-state index contributed by atoms with van der Waals surface area (Å²) in [7, 11) is -2.21. The van der Waals surface area contributed by atoms with E-state index in [1.165, 1.54) is 13.1 Å². The molecule has 0 heterocycles. The van der Waals surface area contributed by atoms with Crippen molar-refractivity contribution in [1.82, 2.24) is 4.31 Å². The monoisotopic (exact) mass is 427 g/mol. The Bertz CT molecular complexity index is 589. The molecular weight excluding hydrogens is 414 g/mol. The number of benzene rings is 1. The first-order valence-corrected chi connectivity index (χ1v) is 8.88. The molecular formula is C12H15Br2NO4S. The molecule has 0 spiro atoms. The van der Waals surface area contributed by atoms with Gasteiger partial charge in [-0.05, 0) is 41.1 Å². The van der Waals surface area contributed by atoms with E-state index in [0.717, 1.165) is 8.78 Å². The molecule has 1 aromatic rings. The lowest BCUT2D eigenvalue weighted by Gasteiger charge is -2.17. The van der Waals surface area contributed by atoms with E-state index in [0.29, 0.717) is 4.47 Å². The summed E-state index contributed by atoms with van der Waals surface area (Å²) < 4.78 is 31.9. The maximum Gasteiger partial charge on any atom is 0.307 e. The first kappa shape index (κ1) is 17.6. The van der Waals surface area contributed by atoms with Gasteiger partial charge < -0.3 is 4.74 Å². The van der Waals surface area contributed by atoms with Crippen LogP contribution in [0.4, 0.5) is 0 Å². The van der Waals surface area contributed by atoms with E-state index in [1.807, 2.05) is 0 Å². The smallest absolute Gasteiger partial charge is 0.307 e. The van der Waals surface area contributed by atoms with Crippen molar-refractivity contribution >= 4 is 47.9 Å². The van der Waals surface area contributed by atoms with Crippen LogP contribution in [-0.2, 0) is 19.6 Å². The average Bonchev–Trinajstić information content (AvgIpc) is 2.35. The highest BCUT2D eigenvalue weighted by Gasteiger charge is 2.23. The molecule has 0 unspecified atom stereocenters. The van der Waals surface area contributed by atoms with Gasteiger partial charge in [0.25, 0.3) is 0 Å². The zero-order chi connectivity index (χ0) is 15.3. The van der Waals surface area contributed by atoms with Gasteiger partial charge in [0.05, 0.1) is 17.9 Å². The van der Waals surface area contributed by atoms with Crippen LogP contribution in [-0.4, -0.2) is 38.9 Å². The van der Waals surface area contributed by atoms with Crippen LogP contribution in [0.5, 0.6) is 0 Å². The third-order valence-electron chi connectivity index (χ3n) is 2.52. The minimum absolute atomic E-state index is 0.0255. The number of halogens is 2. The van der Waals surface area contributed by atoms with E-state index in [4.69, 9.17) is 4.74 Å². The van der Waals surface area contributed by atoms with Crippen molar-refractivity contribution in [3.8, 4) is 0 Å². The number of hydrogen-bond acceptors (Lipinski definition) is 4. The number of rotatable bonds is 6. The van der Waals surface area contributed by atoms with Crippen LogP contribution >= 0.6 is 31.9 Å². The fraction of sp³-hybridized carbons (Fsp3) is 0.417. The molecule has 0 N–H and O–H groups in total. The SMILES string of the molecule is CCOC(=O)CCN(C)S(=O)(=O)c1ccc(Br)cc1Br. The largest absolute Gasteiger partial charge is 0.466 e. The Hall–Kier alpha value is -0.440. The Morgan fingerprint density at radius 1 is 1.35 bits per heavy atom. The molecule has 0 saturated heterocycles. The van der Waals surface area contributed by atoms with E-state index in [9.17, 15) is 13.2 Å². The molecule has 20 heavy (non-hydrogen) atoms. The molecule has 112 valence electrons. The number of carbonyl (C=O) groups excluding carboxylic acids is 1. The molecule has 0 aliphatic heterocycles. The highest BCUT2D eigenvalue weighted by molar-refractivity contribution is 9.11. The molecule has 0 bridgehead atoms. The molecule has 1 aromatic carbocycles. The zero-order valence-electron chi connectivity index (χ0n) is 11.1. The molecule has 8 heteroatoms. The van der Waals surface area contributed by atoms with Gasteiger partial charge >= 0.3 is 5.97 Å². The maximum absolute atomic E-state index is 12.4. The second-order valence-corrected chi connectivity index (χ2v) is 7.74. The zero-order valence-corrected chi connectivity index (χ0v) is 15.1. The van der Waals surface area contributed by atoms with Crippen molar-refractivity contribution in [2.24, 2.45) is 0 Å². The van der Waals surface area contributed by atoms with E-state index in [1.54, 1.807) is 19.1 Å². The predicted octanol–water partition coefficient (Wildman–Crippen LogP) is 2.79. The van der Waals surface area contributed by atoms with Gasteiger partial charge in [0.1, 0.15) is 0 Å². The highest BCUT2D eigenvalue weighted by atomic mass is 79.9. The van der Waals surface area contributed by atoms with Crippen molar-refractivity contribution in [3.63, 3.8) is 0 Å². The Balaban J connectivity index is 2.85. The van der Waals surface area contributed by atoms with Crippen LogP contribution < -0.4 is 0 Å². The molecule has 0 aliphatic carbocycles. The summed E-state index contributed by atoms with van der Waals surface area (Å²) in [4.78, 5) is 11.4. The van der Waals surface area contributed by atoms with Crippen molar-refractivity contribution < 1.29 is 17.9 Å². The van der Waals surface area contributed by atoms with Gasteiger partial charge in [-0.1, -0.05) is 15.9 Å². The van der Waals surface area contributed by atoms with Crippen molar-refractivity contribution in [2.75, 3.05) is 20.2 Å². The van der Waals surface area contributed by atoms with Gasteiger partial charge in [0.15, 0.2) is 0 Å². The lowest BCUT2D eigenvalue weighted by atomic mass is 10.4. The highest BCUT2D eigenvalue weighted by Crippen LogP contribution is 2.27. The van der Waals surface area contributed by atoms with E-state index in [2.05, 4.69) is 31.9 Å². The summed E-state index contributed by atoms with van der Waals surface area (Å²) in [5, 5.41) is 0. The second kappa shape index (κ2) is 7.53. The summed E-state index contributed by atoms with van der Waals surface area (Å²) in [6.45, 7) is 2.06. The normalized spacial score (nSPS) is 11.7. The van der Waals surface area contributed by atoms with Crippen LogP contribution in [0.3, 0.4) is 0 Å². The van der Waals surface area contributed by atoms with Crippen molar-refractivity contribution in [2.45, 2.75) is 18.2 Å². The second-order valence-electron chi connectivity index (χ2n) is 3.96. The standard InChI is InChI=1S/C12H15Br2NO4S/c1-3-19-12(16)6-7-15(2)20(17,18)11-5-4-9(13)8-10(11)14/h4-5,8H,3,6-7H2,1-2H3. The lowest BCUT2D eigenvalue weighted by molar-refractivity contribution is -0.143. The Morgan fingerprint density at radius 3 is 2.55 bits per heavy atom. The summed E-state index contributed by atoms with van der Waals surface area (Å²) in [6, 6.07) is 4.81. The molecule has 0 radical (unpaired) electrons. The number of ether oxygens (including phenoxy) is 1. The van der Waals surface area contributed by atoms with Crippen LogP contribution in [0.15, 0.2) is 32.0 Å². The maximum atomic E-state index is 12.4. The number of esters is 1. The molecule has 5 nitrogen and oxygen atoms in total. The summed E-state index contributed by atoms with van der Waals surface area (Å²) >= 11 is 6.50. The summed E-state index contributed by atoms with van der Waals surface area (Å²) in [5.74, 6) is -0.413. The molecule has 0 aliphatic rings. The fourth-order valence-corrected chi connectivity index (χ4v) is 4.33. The van der Waals surface area contributed by atoms with Crippen molar-refractivity contribution in [3.05, 3.63) is 27.1 Å². The third-order valence-corrected chi connectivity index (χ3v) is 5.85. The topological polar surface area (TPSA) is 63.7 Å². The summed E-state index contributed by atoms with van der Waals surface area (Å²) in [5.41, 5.74) is 0. The Morgan fingerprint density at radius 2 is 2.00 bits per heavy atom. The fourth-order valence-electron chi connectivity index (χ4n) is 1.45. The molecule has 0 fully saturated rings. The van der Waals surface area contributed by atoms with Crippen LogP contribution in [0.2, 0.25) is 0 Å². The van der Waals surface area contributed by atoms with Crippen LogP contribution in [0.1, 0.15) is 13.3 Å². The first-order chi connectivity index (χ1) is 9.28. The van der Waals surface area contributed by atoms with Crippen LogP contribution in [0, 0.1) is 0 Å². The lowest BCUT2D eigenvalue weighted by Crippen LogP contribution is -2.29. The number of sulfonamides is 1. The average molecular weight is 429 g/mol. The minimum atomic E-state index is -3.64. The molecule has 1 rings (SSSR count). The molecule has 0 aromatic heterocycles. The van der Waals surface area contributed by atoms with E-state index >= 15 is 0 Å². The first-order valence-electron chi connectivity index (χ1n) is 5.86. The number of nitrogens with zero attached hydrogens (tertiary/aromatic N) is 1. The van der Waals surface area contributed by atoms with Gasteiger partial charge in [-0.2, -0.15) is 0 Å². The number of hydrogen-bond donors (Lipinski definition) is 0. The van der Waals surface area contributed by atoms with Gasteiger partial charge in [0.2, 0.25) is 10.0 Å². The van der Waals surface area contributed by atoms with Gasteiger partial charge in [-0.3, -0.25) is 4.79 Å². The Kier molecular flexibility index (Phi) is 6.63. The quantitative estimate of drug-likeness (QED) is 0.653.